The second kappa shape index (κ2) is 7.12. The molecule has 4 aliphatic rings. The largest absolute Gasteiger partial charge is 0.366 e. The Morgan fingerprint density at radius 1 is 1.10 bits per heavy atom. The van der Waals surface area contributed by atoms with Crippen LogP contribution in [0.15, 0.2) is 24.4 Å². The van der Waals surface area contributed by atoms with Gasteiger partial charge in [0.1, 0.15) is 0 Å². The van der Waals surface area contributed by atoms with Crippen molar-refractivity contribution < 1.29 is 13.2 Å². The standard InChI is InChI=1S/C22H31N5O3S/c1-22(2)11-16-13-26(21(28)25-6-8-31(29,30)9-7-25)15-20(22)27(14-16)18-4-5-19-17(10-18)12-23-24(19)3/h4-5,10,12,16,20H,6-9,11,13-15H2,1-3H3. The van der Waals surface area contributed by atoms with Crippen molar-refractivity contribution in [1.29, 1.82) is 0 Å². The van der Waals surface area contributed by atoms with E-state index >= 15 is 0 Å². The fraction of sp³-hybridized carbons (Fsp3) is 0.636. The molecule has 0 N–H and O–H groups in total. The number of urea groups is 1. The van der Waals surface area contributed by atoms with Gasteiger partial charge in [0.25, 0.3) is 0 Å². The molecule has 1 aromatic carbocycles. The number of nitrogens with zero attached hydrogens (tertiary/aromatic N) is 5. The van der Waals surface area contributed by atoms with Crippen LogP contribution in [-0.2, 0) is 16.9 Å². The van der Waals surface area contributed by atoms with Gasteiger partial charge in [-0.2, -0.15) is 5.10 Å². The lowest BCUT2D eigenvalue weighted by molar-refractivity contribution is 0.153. The predicted molar refractivity (Wildman–Crippen MR) is 121 cm³/mol. The highest BCUT2D eigenvalue weighted by molar-refractivity contribution is 7.91. The van der Waals surface area contributed by atoms with E-state index in [9.17, 15) is 13.2 Å². The molecule has 4 saturated heterocycles. The molecule has 4 aliphatic heterocycles. The van der Waals surface area contributed by atoms with Crippen LogP contribution in [0.5, 0.6) is 0 Å². The number of piperidine rings is 1. The van der Waals surface area contributed by atoms with Gasteiger partial charge < -0.3 is 14.7 Å². The molecule has 0 radical (unpaired) electrons. The Hall–Kier alpha value is -2.29. The maximum atomic E-state index is 13.3. The SMILES string of the molecule is Cn1ncc2cc(N3CC4CN(C(=O)N5CCS(=O)(=O)CC5)CC3C(C)(C)C4)ccc21. The summed E-state index contributed by atoms with van der Waals surface area (Å²) in [5, 5.41) is 5.50. The minimum Gasteiger partial charge on any atom is -0.366 e. The molecule has 9 heteroatoms. The van der Waals surface area contributed by atoms with Crippen molar-refractivity contribution in [1.82, 2.24) is 19.6 Å². The Kier molecular flexibility index (Phi) is 4.73. The van der Waals surface area contributed by atoms with Crippen LogP contribution < -0.4 is 4.90 Å². The molecule has 5 heterocycles. The Morgan fingerprint density at radius 2 is 1.84 bits per heavy atom. The van der Waals surface area contributed by atoms with Gasteiger partial charge in [0, 0.05) is 50.8 Å². The molecule has 2 amide bonds. The van der Waals surface area contributed by atoms with E-state index in [1.54, 1.807) is 4.90 Å². The first kappa shape index (κ1) is 20.6. The highest BCUT2D eigenvalue weighted by Crippen LogP contribution is 2.43. The van der Waals surface area contributed by atoms with Crippen LogP contribution in [0.2, 0.25) is 0 Å². The Morgan fingerprint density at radius 3 is 2.58 bits per heavy atom. The molecule has 6 rings (SSSR count). The van der Waals surface area contributed by atoms with Crippen molar-refractivity contribution in [2.24, 2.45) is 18.4 Å². The molecule has 1 aromatic heterocycles. The third kappa shape index (κ3) is 3.66. The van der Waals surface area contributed by atoms with Crippen LogP contribution in [-0.4, -0.2) is 84.3 Å². The van der Waals surface area contributed by atoms with Gasteiger partial charge in [-0.3, -0.25) is 4.68 Å². The number of hydrogen-bond acceptors (Lipinski definition) is 5. The van der Waals surface area contributed by atoms with E-state index in [2.05, 4.69) is 42.0 Å². The first-order valence-corrected chi connectivity index (χ1v) is 12.9. The summed E-state index contributed by atoms with van der Waals surface area (Å²) in [6.07, 6.45) is 2.99. The number of carbonyl (C=O) groups excluding carboxylic acids is 1. The van der Waals surface area contributed by atoms with E-state index in [0.717, 1.165) is 30.4 Å². The zero-order valence-electron chi connectivity index (χ0n) is 18.5. The summed E-state index contributed by atoms with van der Waals surface area (Å²) < 4.78 is 25.4. The number of hydrogen-bond donors (Lipinski definition) is 0. The number of amides is 2. The molecule has 168 valence electrons. The predicted octanol–water partition coefficient (Wildman–Crippen LogP) is 1.96. The molecular formula is C22H31N5O3S. The van der Waals surface area contributed by atoms with E-state index < -0.39 is 9.84 Å². The second-order valence-corrected chi connectivity index (χ2v) is 12.4. The van der Waals surface area contributed by atoms with Gasteiger partial charge in [-0.25, -0.2) is 13.2 Å². The number of benzene rings is 1. The smallest absolute Gasteiger partial charge is 0.320 e. The van der Waals surface area contributed by atoms with Crippen molar-refractivity contribution >= 4 is 32.5 Å². The minimum absolute atomic E-state index is 0.00726. The van der Waals surface area contributed by atoms with Gasteiger partial charge in [-0.1, -0.05) is 13.8 Å². The van der Waals surface area contributed by atoms with E-state index in [4.69, 9.17) is 0 Å². The van der Waals surface area contributed by atoms with Crippen molar-refractivity contribution in [3.8, 4) is 0 Å². The van der Waals surface area contributed by atoms with Gasteiger partial charge >= 0.3 is 6.03 Å². The molecule has 31 heavy (non-hydrogen) atoms. The van der Waals surface area contributed by atoms with Crippen LogP contribution in [0.4, 0.5) is 10.5 Å². The van der Waals surface area contributed by atoms with Crippen LogP contribution in [0.25, 0.3) is 10.9 Å². The van der Waals surface area contributed by atoms with Crippen LogP contribution in [0.3, 0.4) is 0 Å². The van der Waals surface area contributed by atoms with Gasteiger partial charge in [-0.15, -0.1) is 0 Å². The fourth-order valence-corrected chi connectivity index (χ4v) is 6.91. The van der Waals surface area contributed by atoms with Crippen molar-refractivity contribution in [3.63, 3.8) is 0 Å². The zero-order chi connectivity index (χ0) is 22.0. The summed E-state index contributed by atoms with van der Waals surface area (Å²) in [6.45, 7) is 7.54. The lowest BCUT2D eigenvalue weighted by Gasteiger charge is -2.48. The number of aryl methyl sites for hydroxylation is 1. The second-order valence-electron chi connectivity index (χ2n) is 10.1. The molecule has 0 aliphatic carbocycles. The number of fused-ring (bicyclic) bond motifs is 5. The Bertz CT molecular complexity index is 1110. The molecule has 2 bridgehead atoms. The molecule has 8 nitrogen and oxygen atoms in total. The van der Waals surface area contributed by atoms with Gasteiger partial charge in [0.15, 0.2) is 9.84 Å². The average molecular weight is 446 g/mol. The maximum Gasteiger partial charge on any atom is 0.320 e. The normalized spacial score (nSPS) is 27.5. The van der Waals surface area contributed by atoms with E-state index in [-0.39, 0.29) is 29.0 Å². The zero-order valence-corrected chi connectivity index (χ0v) is 19.3. The Balaban J connectivity index is 1.41. The van der Waals surface area contributed by atoms with Gasteiger partial charge in [0.05, 0.1) is 29.3 Å². The highest BCUT2D eigenvalue weighted by Gasteiger charge is 2.47. The number of aromatic nitrogens is 2. The molecule has 0 spiro atoms. The quantitative estimate of drug-likeness (QED) is 0.671. The summed E-state index contributed by atoms with van der Waals surface area (Å²) in [6, 6.07) is 6.70. The fourth-order valence-electron chi connectivity index (χ4n) is 5.71. The summed E-state index contributed by atoms with van der Waals surface area (Å²) >= 11 is 0. The molecule has 4 fully saturated rings. The van der Waals surface area contributed by atoms with E-state index in [1.165, 1.54) is 5.69 Å². The van der Waals surface area contributed by atoms with Crippen LogP contribution >= 0.6 is 0 Å². The number of anilines is 1. The van der Waals surface area contributed by atoms with Crippen LogP contribution in [0.1, 0.15) is 20.3 Å². The van der Waals surface area contributed by atoms with E-state index in [1.807, 2.05) is 22.8 Å². The average Bonchev–Trinajstić information content (AvgIpc) is 2.90. The third-order valence-corrected chi connectivity index (χ3v) is 8.98. The van der Waals surface area contributed by atoms with Crippen molar-refractivity contribution in [2.45, 2.75) is 26.3 Å². The van der Waals surface area contributed by atoms with Gasteiger partial charge in [0.2, 0.25) is 0 Å². The number of carbonyl (C=O) groups is 1. The third-order valence-electron chi connectivity index (χ3n) is 7.37. The first-order chi connectivity index (χ1) is 14.6. The molecule has 2 atom stereocenters. The topological polar surface area (TPSA) is 78.8 Å². The summed E-state index contributed by atoms with van der Waals surface area (Å²) in [5.74, 6) is 0.528. The monoisotopic (exact) mass is 445 g/mol. The molecule has 2 aromatic rings. The molecular weight excluding hydrogens is 414 g/mol. The minimum atomic E-state index is -3.00. The maximum absolute atomic E-state index is 13.3. The lowest BCUT2D eigenvalue weighted by atomic mass is 9.73. The van der Waals surface area contributed by atoms with Crippen LogP contribution in [0, 0.1) is 11.3 Å². The summed E-state index contributed by atoms with van der Waals surface area (Å²) in [4.78, 5) is 19.5. The van der Waals surface area contributed by atoms with E-state index in [0.29, 0.717) is 25.6 Å². The number of sulfone groups is 1. The number of rotatable bonds is 1. The highest BCUT2D eigenvalue weighted by atomic mass is 32.2. The molecule has 2 unspecified atom stereocenters. The van der Waals surface area contributed by atoms with Crippen molar-refractivity contribution in [3.05, 3.63) is 24.4 Å². The molecule has 0 saturated carbocycles. The Labute approximate surface area is 183 Å². The summed E-state index contributed by atoms with van der Waals surface area (Å²) in [7, 11) is -1.05. The first-order valence-electron chi connectivity index (χ1n) is 11.1. The van der Waals surface area contributed by atoms with Crippen molar-refractivity contribution in [2.75, 3.05) is 49.1 Å². The lowest BCUT2D eigenvalue weighted by Crippen LogP contribution is -2.55. The summed E-state index contributed by atoms with van der Waals surface area (Å²) in [5.41, 5.74) is 2.37. The van der Waals surface area contributed by atoms with Gasteiger partial charge in [-0.05, 0) is 36.0 Å².